The van der Waals surface area contributed by atoms with Gasteiger partial charge in [-0.2, -0.15) is 0 Å². The van der Waals surface area contributed by atoms with Gasteiger partial charge in [-0.1, -0.05) is 0 Å². The van der Waals surface area contributed by atoms with Crippen LogP contribution >= 0.6 is 0 Å². The summed E-state index contributed by atoms with van der Waals surface area (Å²) in [5.41, 5.74) is 5.78. The number of amides is 1. The summed E-state index contributed by atoms with van der Waals surface area (Å²) in [6.45, 7) is 0. The molecule has 0 radical (unpaired) electrons. The molecule has 7 heteroatoms. The summed E-state index contributed by atoms with van der Waals surface area (Å²) in [6, 6.07) is 6.62. The van der Waals surface area contributed by atoms with Gasteiger partial charge in [0.1, 0.15) is 0 Å². The second-order valence-corrected chi connectivity index (χ2v) is 4.01. The molecular weight excluding hydrogens is 262 g/mol. The van der Waals surface area contributed by atoms with Crippen LogP contribution in [0.4, 0.5) is 11.4 Å². The minimum Gasteiger partial charge on any atom is -0.478 e. The normalized spacial score (nSPS) is 10.0. The van der Waals surface area contributed by atoms with E-state index in [2.05, 4.69) is 10.3 Å². The molecule has 0 aliphatic carbocycles. The number of rotatable bonds is 3. The van der Waals surface area contributed by atoms with E-state index >= 15 is 0 Å². The van der Waals surface area contributed by atoms with Crippen molar-refractivity contribution in [1.29, 1.82) is 0 Å². The molecule has 1 aromatic carbocycles. The predicted molar refractivity (Wildman–Crippen MR) is 72.8 cm³/mol. The molecule has 0 atom stereocenters. The van der Waals surface area contributed by atoms with Crippen molar-refractivity contribution < 1.29 is 14.7 Å². The van der Waals surface area contributed by atoms with E-state index in [0.717, 1.165) is 0 Å². The Labute approximate surface area is 113 Å². The molecule has 102 valence electrons. The number of nitrogens with two attached hydrogens (primary N) is 1. The molecule has 5 N–H and O–H groups in total. The van der Waals surface area contributed by atoms with Gasteiger partial charge in [-0.25, -0.2) is 4.79 Å². The molecule has 2 aromatic rings. The van der Waals surface area contributed by atoms with Gasteiger partial charge in [-0.3, -0.25) is 9.59 Å². The Bertz CT molecular complexity index is 716. The largest absolute Gasteiger partial charge is 0.478 e. The molecule has 2 rings (SSSR count). The molecule has 0 aliphatic rings. The van der Waals surface area contributed by atoms with Crippen molar-refractivity contribution in [2.45, 2.75) is 0 Å². The number of aromatic nitrogens is 1. The summed E-state index contributed by atoms with van der Waals surface area (Å²) in [6.07, 6.45) is 1.24. The number of carbonyl (C=O) groups is 2. The van der Waals surface area contributed by atoms with Gasteiger partial charge in [0.15, 0.2) is 0 Å². The van der Waals surface area contributed by atoms with Crippen molar-refractivity contribution >= 4 is 23.3 Å². The third-order valence-electron chi connectivity index (χ3n) is 2.57. The third kappa shape index (κ3) is 2.83. The first-order valence-corrected chi connectivity index (χ1v) is 5.60. The lowest BCUT2D eigenvalue weighted by molar-refractivity contribution is 0.0698. The first kappa shape index (κ1) is 13.3. The molecule has 0 saturated carbocycles. The summed E-state index contributed by atoms with van der Waals surface area (Å²) < 4.78 is 0. The standard InChI is InChI=1S/C13H11N3O4/c14-8-2-3-9(13(19)20)10(5-8)16-12(18)7-1-4-11(17)15-6-7/h1-6H,14H2,(H,15,17)(H,16,18)(H,19,20). The average molecular weight is 273 g/mol. The third-order valence-corrected chi connectivity index (χ3v) is 2.57. The number of aromatic carboxylic acids is 1. The van der Waals surface area contributed by atoms with E-state index in [1.165, 1.54) is 36.5 Å². The minimum atomic E-state index is -1.18. The Hall–Kier alpha value is -3.09. The molecule has 0 saturated heterocycles. The lowest BCUT2D eigenvalue weighted by atomic mass is 10.1. The van der Waals surface area contributed by atoms with Gasteiger partial charge in [0.05, 0.1) is 16.8 Å². The van der Waals surface area contributed by atoms with Crippen LogP contribution in [0.5, 0.6) is 0 Å². The molecular formula is C13H11N3O4. The summed E-state index contributed by atoms with van der Waals surface area (Å²) in [7, 11) is 0. The first-order chi connectivity index (χ1) is 9.47. The molecule has 0 aliphatic heterocycles. The molecule has 1 heterocycles. The number of hydrogen-bond acceptors (Lipinski definition) is 4. The van der Waals surface area contributed by atoms with Crippen LogP contribution in [0.1, 0.15) is 20.7 Å². The first-order valence-electron chi connectivity index (χ1n) is 5.60. The maximum Gasteiger partial charge on any atom is 0.337 e. The molecule has 0 unspecified atom stereocenters. The van der Waals surface area contributed by atoms with E-state index in [0.29, 0.717) is 5.69 Å². The maximum atomic E-state index is 11.9. The Morgan fingerprint density at radius 3 is 2.55 bits per heavy atom. The van der Waals surface area contributed by atoms with Crippen LogP contribution in [0, 0.1) is 0 Å². The maximum absolute atomic E-state index is 11.9. The van der Waals surface area contributed by atoms with Crippen LogP contribution < -0.4 is 16.6 Å². The van der Waals surface area contributed by atoms with E-state index in [1.807, 2.05) is 0 Å². The second kappa shape index (κ2) is 5.27. The molecule has 0 bridgehead atoms. The number of nitrogen functional groups attached to an aromatic ring is 1. The number of carboxylic acid groups (broad SMARTS) is 1. The van der Waals surface area contributed by atoms with Crippen LogP contribution in [0.2, 0.25) is 0 Å². The van der Waals surface area contributed by atoms with Crippen LogP contribution in [-0.4, -0.2) is 22.0 Å². The number of carbonyl (C=O) groups excluding carboxylic acids is 1. The minimum absolute atomic E-state index is 0.0722. The Kier molecular flexibility index (Phi) is 3.52. The zero-order chi connectivity index (χ0) is 14.7. The fraction of sp³-hybridized carbons (Fsp3) is 0. The van der Waals surface area contributed by atoms with Gasteiger partial charge in [0.2, 0.25) is 5.56 Å². The summed E-state index contributed by atoms with van der Waals surface area (Å²) in [4.78, 5) is 36.3. The number of hydrogen-bond donors (Lipinski definition) is 4. The number of aromatic amines is 1. The van der Waals surface area contributed by atoms with E-state index in [4.69, 9.17) is 10.8 Å². The average Bonchev–Trinajstić information content (AvgIpc) is 2.39. The van der Waals surface area contributed by atoms with Gasteiger partial charge >= 0.3 is 5.97 Å². The molecule has 20 heavy (non-hydrogen) atoms. The number of benzene rings is 1. The van der Waals surface area contributed by atoms with Gasteiger partial charge < -0.3 is 21.1 Å². The fourth-order valence-corrected chi connectivity index (χ4v) is 1.60. The van der Waals surface area contributed by atoms with E-state index in [1.54, 1.807) is 0 Å². The molecule has 0 fully saturated rings. The van der Waals surface area contributed by atoms with Crippen molar-refractivity contribution in [3.63, 3.8) is 0 Å². The quantitative estimate of drug-likeness (QED) is 0.618. The topological polar surface area (TPSA) is 125 Å². The van der Waals surface area contributed by atoms with Crippen molar-refractivity contribution in [1.82, 2.24) is 4.98 Å². The lowest BCUT2D eigenvalue weighted by Crippen LogP contribution is -2.16. The fourth-order valence-electron chi connectivity index (χ4n) is 1.60. The molecule has 0 spiro atoms. The number of pyridine rings is 1. The van der Waals surface area contributed by atoms with Crippen LogP contribution in [0.25, 0.3) is 0 Å². The Morgan fingerprint density at radius 1 is 1.20 bits per heavy atom. The number of nitrogens with one attached hydrogen (secondary N) is 2. The zero-order valence-electron chi connectivity index (χ0n) is 10.2. The highest BCUT2D eigenvalue weighted by molar-refractivity contribution is 6.07. The second-order valence-electron chi connectivity index (χ2n) is 4.01. The van der Waals surface area contributed by atoms with Gasteiger partial charge in [0.25, 0.3) is 5.91 Å². The Balaban J connectivity index is 2.32. The van der Waals surface area contributed by atoms with Crippen LogP contribution in [0.15, 0.2) is 41.3 Å². The highest BCUT2D eigenvalue weighted by Gasteiger charge is 2.14. The van der Waals surface area contributed by atoms with Gasteiger partial charge in [-0.05, 0) is 24.3 Å². The summed E-state index contributed by atoms with van der Waals surface area (Å²) in [5.74, 6) is -1.73. The number of anilines is 2. The molecule has 1 aromatic heterocycles. The monoisotopic (exact) mass is 273 g/mol. The van der Waals surface area contributed by atoms with Crippen molar-refractivity contribution in [2.24, 2.45) is 0 Å². The summed E-state index contributed by atoms with van der Waals surface area (Å²) in [5, 5.41) is 11.5. The van der Waals surface area contributed by atoms with Crippen LogP contribution in [0.3, 0.4) is 0 Å². The van der Waals surface area contributed by atoms with E-state index in [9.17, 15) is 14.4 Å². The lowest BCUT2D eigenvalue weighted by Gasteiger charge is -2.09. The molecule has 7 nitrogen and oxygen atoms in total. The predicted octanol–water partition coefficient (Wildman–Crippen LogP) is 0.908. The van der Waals surface area contributed by atoms with E-state index in [-0.39, 0.29) is 22.4 Å². The zero-order valence-corrected chi connectivity index (χ0v) is 10.2. The van der Waals surface area contributed by atoms with Crippen molar-refractivity contribution in [2.75, 3.05) is 11.1 Å². The number of H-pyrrole nitrogens is 1. The highest BCUT2D eigenvalue weighted by Crippen LogP contribution is 2.20. The van der Waals surface area contributed by atoms with Crippen LogP contribution in [-0.2, 0) is 0 Å². The van der Waals surface area contributed by atoms with Crippen molar-refractivity contribution in [3.8, 4) is 0 Å². The van der Waals surface area contributed by atoms with E-state index < -0.39 is 11.9 Å². The highest BCUT2D eigenvalue weighted by atomic mass is 16.4. The smallest absolute Gasteiger partial charge is 0.337 e. The van der Waals surface area contributed by atoms with Gasteiger partial charge in [-0.15, -0.1) is 0 Å². The summed E-state index contributed by atoms with van der Waals surface area (Å²) >= 11 is 0. The SMILES string of the molecule is Nc1ccc(C(=O)O)c(NC(=O)c2ccc(=O)[nH]c2)c1. The van der Waals surface area contributed by atoms with Crippen molar-refractivity contribution in [3.05, 3.63) is 58.0 Å². The number of carboxylic acids is 1. The molecule has 1 amide bonds. The van der Waals surface area contributed by atoms with Gasteiger partial charge in [0, 0.05) is 18.0 Å². The Morgan fingerprint density at radius 2 is 1.95 bits per heavy atom.